The quantitative estimate of drug-likeness (QED) is 0.863. The van der Waals surface area contributed by atoms with Gasteiger partial charge in [0, 0.05) is 38.9 Å². The van der Waals surface area contributed by atoms with Crippen molar-refractivity contribution in [2.45, 2.75) is 18.0 Å². The molecule has 0 bridgehead atoms. The highest BCUT2D eigenvalue weighted by Gasteiger charge is 2.21. The Bertz CT molecular complexity index is 692. The zero-order valence-corrected chi connectivity index (χ0v) is 13.3. The van der Waals surface area contributed by atoms with E-state index in [1.54, 1.807) is 37.1 Å². The molecule has 1 heterocycles. The molecule has 2 rings (SSSR count). The van der Waals surface area contributed by atoms with Crippen molar-refractivity contribution in [1.29, 1.82) is 0 Å². The van der Waals surface area contributed by atoms with E-state index in [2.05, 4.69) is 10.4 Å². The van der Waals surface area contributed by atoms with Crippen molar-refractivity contribution in [3.8, 4) is 0 Å². The van der Waals surface area contributed by atoms with E-state index in [9.17, 15) is 8.42 Å². The summed E-state index contributed by atoms with van der Waals surface area (Å²) in [7, 11) is 1.75. The van der Waals surface area contributed by atoms with Crippen LogP contribution < -0.4 is 5.32 Å². The molecule has 0 fully saturated rings. The van der Waals surface area contributed by atoms with E-state index in [4.69, 9.17) is 0 Å². The van der Waals surface area contributed by atoms with Gasteiger partial charge in [-0.2, -0.15) is 9.40 Å². The van der Waals surface area contributed by atoms with E-state index in [-0.39, 0.29) is 0 Å². The molecule has 0 amide bonds. The Morgan fingerprint density at radius 3 is 2.43 bits per heavy atom. The van der Waals surface area contributed by atoms with Gasteiger partial charge in [0.1, 0.15) is 0 Å². The van der Waals surface area contributed by atoms with Crippen molar-refractivity contribution >= 4 is 10.0 Å². The SMILES string of the molecule is CNCc1ccc(S(=O)(=O)N(C)Cc2cnn(C)c2)cc1. The molecule has 0 aliphatic heterocycles. The summed E-state index contributed by atoms with van der Waals surface area (Å²) in [6.07, 6.45) is 3.48. The fourth-order valence-corrected chi connectivity index (χ4v) is 3.22. The van der Waals surface area contributed by atoms with E-state index in [0.717, 1.165) is 11.1 Å². The van der Waals surface area contributed by atoms with E-state index in [1.165, 1.54) is 4.31 Å². The summed E-state index contributed by atoms with van der Waals surface area (Å²) in [4.78, 5) is 0.300. The van der Waals surface area contributed by atoms with Crippen LogP contribution in [0.3, 0.4) is 0 Å². The van der Waals surface area contributed by atoms with Crippen LogP contribution in [-0.2, 0) is 30.2 Å². The first-order chi connectivity index (χ1) is 9.93. The predicted octanol–water partition coefficient (Wildman–Crippen LogP) is 0.960. The lowest BCUT2D eigenvalue weighted by Gasteiger charge is -2.16. The number of benzene rings is 1. The van der Waals surface area contributed by atoms with Gasteiger partial charge in [-0.05, 0) is 24.7 Å². The second kappa shape index (κ2) is 6.38. The summed E-state index contributed by atoms with van der Waals surface area (Å²) in [5.74, 6) is 0. The molecular formula is C14H20N4O2S. The van der Waals surface area contributed by atoms with Crippen LogP contribution in [-0.4, -0.2) is 36.6 Å². The molecule has 0 unspecified atom stereocenters. The smallest absolute Gasteiger partial charge is 0.243 e. The zero-order valence-electron chi connectivity index (χ0n) is 12.4. The van der Waals surface area contributed by atoms with Crippen LogP contribution in [0.4, 0.5) is 0 Å². The zero-order chi connectivity index (χ0) is 15.5. The van der Waals surface area contributed by atoms with Crippen molar-refractivity contribution in [3.63, 3.8) is 0 Å². The van der Waals surface area contributed by atoms with Gasteiger partial charge in [-0.3, -0.25) is 4.68 Å². The van der Waals surface area contributed by atoms with Crippen LogP contribution in [0.5, 0.6) is 0 Å². The molecular weight excluding hydrogens is 288 g/mol. The summed E-state index contributed by atoms with van der Waals surface area (Å²) in [6.45, 7) is 1.01. The van der Waals surface area contributed by atoms with Crippen molar-refractivity contribution < 1.29 is 8.42 Å². The Labute approximate surface area is 125 Å². The van der Waals surface area contributed by atoms with Crippen LogP contribution in [0, 0.1) is 0 Å². The highest BCUT2D eigenvalue weighted by atomic mass is 32.2. The molecule has 1 aromatic heterocycles. The summed E-state index contributed by atoms with van der Waals surface area (Å²) in [5, 5.41) is 7.08. The van der Waals surface area contributed by atoms with Gasteiger partial charge in [0.25, 0.3) is 0 Å². The second-order valence-corrected chi connectivity index (χ2v) is 7.00. The van der Waals surface area contributed by atoms with Gasteiger partial charge in [0.2, 0.25) is 10.0 Å². The molecule has 21 heavy (non-hydrogen) atoms. The van der Waals surface area contributed by atoms with Crippen LogP contribution in [0.1, 0.15) is 11.1 Å². The Hall–Kier alpha value is -1.70. The number of rotatable bonds is 6. The minimum absolute atomic E-state index is 0.300. The van der Waals surface area contributed by atoms with Crippen LogP contribution >= 0.6 is 0 Å². The first-order valence-electron chi connectivity index (χ1n) is 6.61. The van der Waals surface area contributed by atoms with Crippen molar-refractivity contribution in [2.24, 2.45) is 7.05 Å². The summed E-state index contributed by atoms with van der Waals surface area (Å²) < 4.78 is 28.0. The lowest BCUT2D eigenvalue weighted by Crippen LogP contribution is -2.26. The number of hydrogen-bond acceptors (Lipinski definition) is 4. The van der Waals surface area contributed by atoms with Gasteiger partial charge in [0.15, 0.2) is 0 Å². The highest BCUT2D eigenvalue weighted by molar-refractivity contribution is 7.89. The number of hydrogen-bond donors (Lipinski definition) is 1. The van der Waals surface area contributed by atoms with Gasteiger partial charge in [-0.1, -0.05) is 12.1 Å². The van der Waals surface area contributed by atoms with Crippen LogP contribution in [0.25, 0.3) is 0 Å². The number of nitrogens with one attached hydrogen (secondary N) is 1. The molecule has 114 valence electrons. The molecule has 0 spiro atoms. The van der Waals surface area contributed by atoms with E-state index in [0.29, 0.717) is 18.0 Å². The number of sulfonamides is 1. The molecule has 6 nitrogen and oxygen atoms in total. The molecule has 7 heteroatoms. The summed E-state index contributed by atoms with van der Waals surface area (Å²) in [5.41, 5.74) is 1.90. The summed E-state index contributed by atoms with van der Waals surface area (Å²) in [6, 6.07) is 6.92. The Kier molecular flexibility index (Phi) is 4.76. The molecule has 0 saturated heterocycles. The second-order valence-electron chi connectivity index (χ2n) is 4.96. The first-order valence-corrected chi connectivity index (χ1v) is 8.05. The largest absolute Gasteiger partial charge is 0.316 e. The Morgan fingerprint density at radius 2 is 1.90 bits per heavy atom. The van der Waals surface area contributed by atoms with Crippen molar-refractivity contribution in [2.75, 3.05) is 14.1 Å². The van der Waals surface area contributed by atoms with Gasteiger partial charge in [-0.25, -0.2) is 8.42 Å². The van der Waals surface area contributed by atoms with Crippen LogP contribution in [0.2, 0.25) is 0 Å². The topological polar surface area (TPSA) is 67.2 Å². The maximum absolute atomic E-state index is 12.5. The number of nitrogens with zero attached hydrogens (tertiary/aromatic N) is 3. The highest BCUT2D eigenvalue weighted by Crippen LogP contribution is 2.17. The molecule has 0 radical (unpaired) electrons. The third-order valence-corrected chi connectivity index (χ3v) is 4.99. The van der Waals surface area contributed by atoms with Crippen molar-refractivity contribution in [1.82, 2.24) is 19.4 Å². The third-order valence-electron chi connectivity index (χ3n) is 3.18. The maximum atomic E-state index is 12.5. The minimum Gasteiger partial charge on any atom is -0.316 e. The van der Waals surface area contributed by atoms with Crippen molar-refractivity contribution in [3.05, 3.63) is 47.8 Å². The maximum Gasteiger partial charge on any atom is 0.243 e. The lowest BCUT2D eigenvalue weighted by molar-refractivity contribution is 0.466. The lowest BCUT2D eigenvalue weighted by atomic mass is 10.2. The van der Waals surface area contributed by atoms with E-state index < -0.39 is 10.0 Å². The monoisotopic (exact) mass is 308 g/mol. The van der Waals surface area contributed by atoms with Gasteiger partial charge in [-0.15, -0.1) is 0 Å². The van der Waals surface area contributed by atoms with Crippen LogP contribution in [0.15, 0.2) is 41.6 Å². The fraction of sp³-hybridized carbons (Fsp3) is 0.357. The Morgan fingerprint density at radius 1 is 1.24 bits per heavy atom. The predicted molar refractivity (Wildman–Crippen MR) is 81.1 cm³/mol. The molecule has 0 aliphatic carbocycles. The van der Waals surface area contributed by atoms with Gasteiger partial charge in [0.05, 0.1) is 11.1 Å². The minimum atomic E-state index is -3.48. The third kappa shape index (κ3) is 3.69. The molecule has 2 aromatic rings. The number of aryl methyl sites for hydroxylation is 1. The average molecular weight is 308 g/mol. The normalized spacial score (nSPS) is 12.0. The average Bonchev–Trinajstić information content (AvgIpc) is 2.85. The molecule has 0 atom stereocenters. The van der Waals surface area contributed by atoms with E-state index >= 15 is 0 Å². The molecule has 1 aromatic carbocycles. The first kappa shape index (κ1) is 15.7. The fourth-order valence-electron chi connectivity index (χ4n) is 2.06. The molecule has 0 aliphatic rings. The standard InChI is InChI=1S/C14H20N4O2S/c1-15-8-12-4-6-14(7-5-12)21(19,20)18(3)11-13-9-16-17(2)10-13/h4-7,9-10,15H,8,11H2,1-3H3. The summed E-state index contributed by atoms with van der Waals surface area (Å²) >= 11 is 0. The number of aromatic nitrogens is 2. The van der Waals surface area contributed by atoms with Gasteiger partial charge < -0.3 is 5.32 Å². The Balaban J connectivity index is 2.16. The molecule has 1 N–H and O–H groups in total. The molecule has 0 saturated carbocycles. The van der Waals surface area contributed by atoms with E-state index in [1.807, 2.05) is 25.4 Å². The van der Waals surface area contributed by atoms with Gasteiger partial charge >= 0.3 is 0 Å².